The Labute approximate surface area is 207 Å². The van der Waals surface area contributed by atoms with Gasteiger partial charge in [0, 0.05) is 24.2 Å². The van der Waals surface area contributed by atoms with Crippen molar-refractivity contribution in [3.8, 4) is 16.9 Å². The van der Waals surface area contributed by atoms with Gasteiger partial charge in [0.25, 0.3) is 0 Å². The van der Waals surface area contributed by atoms with Gasteiger partial charge in [-0.15, -0.1) is 5.10 Å². The number of hydrogen-bond donors (Lipinski definition) is 3. The van der Waals surface area contributed by atoms with Gasteiger partial charge in [0.15, 0.2) is 0 Å². The minimum atomic E-state index is -0.521. The zero-order valence-electron chi connectivity index (χ0n) is 19.1. The maximum atomic E-state index is 12.3. The predicted molar refractivity (Wildman–Crippen MR) is 133 cm³/mol. The number of benzene rings is 2. The number of nitrogens with one attached hydrogen (secondary N) is 2. The van der Waals surface area contributed by atoms with Crippen molar-refractivity contribution < 1.29 is 14.3 Å². The third kappa shape index (κ3) is 5.84. The normalized spacial score (nSPS) is 15.9. The molecule has 2 aromatic carbocycles. The summed E-state index contributed by atoms with van der Waals surface area (Å²) in [6, 6.07) is 11.0. The van der Waals surface area contributed by atoms with E-state index in [-0.39, 0.29) is 18.1 Å². The first-order chi connectivity index (χ1) is 16.1. The molecule has 9 nitrogen and oxygen atoms in total. The Morgan fingerprint density at radius 3 is 2.47 bits per heavy atom. The summed E-state index contributed by atoms with van der Waals surface area (Å²) in [5.74, 6) is 1.22. The van der Waals surface area contributed by atoms with Gasteiger partial charge in [0.05, 0.1) is 16.6 Å². The number of anilines is 3. The molecule has 4 N–H and O–H groups in total. The minimum absolute atomic E-state index is 0.0967. The maximum Gasteiger partial charge on any atom is 0.410 e. The molecule has 0 saturated carbocycles. The fourth-order valence-corrected chi connectivity index (χ4v) is 4.30. The van der Waals surface area contributed by atoms with Crippen molar-refractivity contribution in [1.82, 2.24) is 20.1 Å². The number of nitrogens with two attached hydrogens (primary N) is 1. The van der Waals surface area contributed by atoms with Crippen molar-refractivity contribution in [3.63, 3.8) is 0 Å². The molecule has 0 radical (unpaired) electrons. The highest BCUT2D eigenvalue weighted by Gasteiger charge is 2.30. The van der Waals surface area contributed by atoms with Crippen molar-refractivity contribution in [2.75, 3.05) is 24.1 Å². The Balaban J connectivity index is 1.40. The molecule has 11 heteroatoms. The van der Waals surface area contributed by atoms with Gasteiger partial charge in [0.2, 0.25) is 11.9 Å². The number of amides is 1. The quantitative estimate of drug-likeness (QED) is 0.420. The first kappa shape index (κ1) is 24.0. The average Bonchev–Trinajstić information content (AvgIpc) is 3.36. The van der Waals surface area contributed by atoms with E-state index < -0.39 is 5.60 Å². The molecular weight excluding hydrogens is 479 g/mol. The van der Waals surface area contributed by atoms with E-state index in [1.54, 1.807) is 17.0 Å². The van der Waals surface area contributed by atoms with Crippen LogP contribution in [0.3, 0.4) is 0 Å². The molecule has 34 heavy (non-hydrogen) atoms. The van der Waals surface area contributed by atoms with Crippen molar-refractivity contribution in [3.05, 3.63) is 46.4 Å². The predicted octanol–water partition coefficient (Wildman–Crippen LogP) is 5.49. The summed E-state index contributed by atoms with van der Waals surface area (Å²) in [6.45, 7) is 6.65. The monoisotopic (exact) mass is 504 g/mol. The number of rotatable bonds is 5. The fraction of sp³-hybridized carbons (Fsp3) is 0.348. The van der Waals surface area contributed by atoms with E-state index in [2.05, 4.69) is 20.5 Å². The number of H-pyrrole nitrogens is 1. The number of aromatic nitrogens is 3. The van der Waals surface area contributed by atoms with Crippen molar-refractivity contribution in [2.45, 2.75) is 38.9 Å². The molecule has 0 unspecified atom stereocenters. The van der Waals surface area contributed by atoms with Crippen LogP contribution in [0.4, 0.5) is 22.4 Å². The van der Waals surface area contributed by atoms with Crippen LogP contribution in [0.25, 0.3) is 11.1 Å². The van der Waals surface area contributed by atoms with Crippen molar-refractivity contribution in [1.29, 1.82) is 0 Å². The van der Waals surface area contributed by atoms with Gasteiger partial charge in [0.1, 0.15) is 17.5 Å². The van der Waals surface area contributed by atoms with Crippen LogP contribution in [0.2, 0.25) is 10.0 Å². The summed E-state index contributed by atoms with van der Waals surface area (Å²) in [6.07, 6.45) is 0.326. The van der Waals surface area contributed by atoms with E-state index in [0.29, 0.717) is 46.1 Å². The molecule has 0 spiro atoms. The maximum absolute atomic E-state index is 12.3. The molecule has 0 aliphatic carbocycles. The summed E-state index contributed by atoms with van der Waals surface area (Å²) >= 11 is 13.1. The Hall–Kier alpha value is -3.17. The zero-order chi connectivity index (χ0) is 24.5. The van der Waals surface area contributed by atoms with E-state index in [9.17, 15) is 4.79 Å². The van der Waals surface area contributed by atoms with E-state index >= 15 is 0 Å². The highest BCUT2D eigenvalue weighted by Crippen LogP contribution is 2.38. The summed E-state index contributed by atoms with van der Waals surface area (Å²) in [5.41, 5.74) is 7.20. The number of halogens is 2. The summed E-state index contributed by atoms with van der Waals surface area (Å²) < 4.78 is 11.5. The molecule has 180 valence electrons. The molecular formula is C23H26Cl2N6O3. The molecule has 4 rings (SSSR count). The van der Waals surface area contributed by atoms with Crippen LogP contribution >= 0.6 is 23.2 Å². The summed E-state index contributed by atoms with van der Waals surface area (Å²) in [5, 5.41) is 10.4. The SMILES string of the molecule is CC(C)(C)OC(=O)N1CC[C@H](Oc2ccc(-c3c(Cl)cc(Nc4n[nH]c(N)n4)cc3Cl)cc2)C1. The fourth-order valence-electron chi connectivity index (χ4n) is 3.59. The lowest BCUT2D eigenvalue weighted by Gasteiger charge is -2.24. The molecule has 1 amide bonds. The number of carbonyl (C=O) groups excluding carboxylic acids is 1. The minimum Gasteiger partial charge on any atom is -0.489 e. The topological polar surface area (TPSA) is 118 Å². The number of carbonyl (C=O) groups is 1. The number of nitrogen functional groups attached to an aromatic ring is 1. The lowest BCUT2D eigenvalue weighted by Crippen LogP contribution is -2.36. The first-order valence-electron chi connectivity index (χ1n) is 10.8. The number of nitrogens with zero attached hydrogens (tertiary/aromatic N) is 3. The van der Waals surface area contributed by atoms with Crippen LogP contribution < -0.4 is 15.8 Å². The molecule has 3 aromatic rings. The van der Waals surface area contributed by atoms with Gasteiger partial charge in [-0.3, -0.25) is 0 Å². The molecule has 1 saturated heterocycles. The van der Waals surface area contributed by atoms with E-state index in [0.717, 1.165) is 12.0 Å². The summed E-state index contributed by atoms with van der Waals surface area (Å²) in [4.78, 5) is 17.9. The third-order valence-electron chi connectivity index (χ3n) is 5.04. The standard InChI is InChI=1S/C23H26Cl2N6O3/c1-23(2,3)34-22(32)31-9-8-16(12-31)33-15-6-4-13(5-7-15)19-17(24)10-14(11-18(19)25)27-21-28-20(26)29-30-21/h4-7,10-11,16H,8-9,12H2,1-3H3,(H4,26,27,28,29,30)/t16-/m0/s1. The second kappa shape index (κ2) is 9.60. The molecule has 1 aliphatic rings. The van der Waals surface area contributed by atoms with Crippen LogP contribution in [-0.2, 0) is 4.74 Å². The molecule has 1 atom stereocenters. The number of hydrogen-bond acceptors (Lipinski definition) is 7. The van der Waals surface area contributed by atoms with Gasteiger partial charge in [-0.25, -0.2) is 9.89 Å². The second-order valence-electron chi connectivity index (χ2n) is 8.96. The number of aromatic amines is 1. The van der Waals surface area contributed by atoms with E-state index in [1.807, 2.05) is 45.0 Å². The number of ether oxygens (including phenoxy) is 2. The Bertz CT molecular complexity index is 1150. The lowest BCUT2D eigenvalue weighted by atomic mass is 10.0. The molecule has 1 aromatic heterocycles. The smallest absolute Gasteiger partial charge is 0.410 e. The number of likely N-dealkylation sites (tertiary alicyclic amines) is 1. The second-order valence-corrected chi connectivity index (χ2v) is 9.78. The zero-order valence-corrected chi connectivity index (χ0v) is 20.6. The summed E-state index contributed by atoms with van der Waals surface area (Å²) in [7, 11) is 0. The molecule has 1 aliphatic heterocycles. The van der Waals surface area contributed by atoms with Gasteiger partial charge >= 0.3 is 6.09 Å². The average molecular weight is 505 g/mol. The Kier molecular flexibility index (Phi) is 6.77. The van der Waals surface area contributed by atoms with E-state index in [4.69, 9.17) is 38.4 Å². The van der Waals surface area contributed by atoms with Gasteiger partial charge < -0.3 is 25.4 Å². The van der Waals surface area contributed by atoms with Crippen LogP contribution in [-0.4, -0.2) is 51.0 Å². The molecule has 0 bridgehead atoms. The van der Waals surface area contributed by atoms with Crippen LogP contribution in [0.15, 0.2) is 36.4 Å². The highest BCUT2D eigenvalue weighted by molar-refractivity contribution is 6.39. The largest absolute Gasteiger partial charge is 0.489 e. The van der Waals surface area contributed by atoms with Crippen LogP contribution in [0.5, 0.6) is 5.75 Å². The first-order valence-corrected chi connectivity index (χ1v) is 11.5. The lowest BCUT2D eigenvalue weighted by molar-refractivity contribution is 0.0275. The Morgan fingerprint density at radius 2 is 1.88 bits per heavy atom. The third-order valence-corrected chi connectivity index (χ3v) is 5.64. The Morgan fingerprint density at radius 1 is 1.21 bits per heavy atom. The van der Waals surface area contributed by atoms with Crippen LogP contribution in [0.1, 0.15) is 27.2 Å². The van der Waals surface area contributed by atoms with Gasteiger partial charge in [-0.1, -0.05) is 35.3 Å². The molecule has 1 fully saturated rings. The highest BCUT2D eigenvalue weighted by atomic mass is 35.5. The molecule has 2 heterocycles. The van der Waals surface area contributed by atoms with Gasteiger partial charge in [-0.2, -0.15) is 4.98 Å². The van der Waals surface area contributed by atoms with Crippen molar-refractivity contribution >= 4 is 46.9 Å². The van der Waals surface area contributed by atoms with Gasteiger partial charge in [-0.05, 0) is 50.6 Å². The van der Waals surface area contributed by atoms with Crippen molar-refractivity contribution in [2.24, 2.45) is 0 Å². The van der Waals surface area contributed by atoms with Crippen LogP contribution in [0, 0.1) is 0 Å². The van der Waals surface area contributed by atoms with E-state index in [1.165, 1.54) is 0 Å².